The largest absolute Gasteiger partial charge is 0.379 e. The fourth-order valence-electron chi connectivity index (χ4n) is 1.64. The Kier molecular flexibility index (Phi) is 3.96. The van der Waals surface area contributed by atoms with Gasteiger partial charge in [-0.15, -0.1) is 11.3 Å². The zero-order valence-electron chi connectivity index (χ0n) is 10.0. The number of hydrogen-bond donors (Lipinski definition) is 2. The van der Waals surface area contributed by atoms with Crippen LogP contribution in [0.4, 0.5) is 5.00 Å². The van der Waals surface area contributed by atoms with Gasteiger partial charge in [-0.25, -0.2) is 4.31 Å². The lowest BCUT2D eigenvalue weighted by atomic mass is 10.3. The Morgan fingerprint density at radius 3 is 2.88 bits per heavy atom. The number of nitrogens with zero attached hydrogens (tertiary/aromatic N) is 1. The van der Waals surface area contributed by atoms with Crippen molar-refractivity contribution in [1.29, 1.82) is 0 Å². The van der Waals surface area contributed by atoms with Gasteiger partial charge >= 0.3 is 0 Å². The first kappa shape index (κ1) is 12.7. The minimum absolute atomic E-state index is 0.373. The molecule has 0 atom stereocenters. The third kappa shape index (κ3) is 3.37. The maximum atomic E-state index is 11.2. The minimum atomic E-state index is -0.373. The molecule has 0 bridgehead atoms. The molecule has 1 aliphatic carbocycles. The van der Waals surface area contributed by atoms with Crippen molar-refractivity contribution in [3.05, 3.63) is 11.6 Å². The summed E-state index contributed by atoms with van der Waals surface area (Å²) in [7, 11) is 3.90. The zero-order valence-corrected chi connectivity index (χ0v) is 11.7. The molecule has 1 aromatic rings. The molecule has 0 spiro atoms. The molecule has 17 heavy (non-hydrogen) atoms. The Bertz CT molecular complexity index is 415. The van der Waals surface area contributed by atoms with Gasteiger partial charge in [0.2, 0.25) is 0 Å². The molecule has 0 saturated heterocycles. The molecule has 3 N–H and O–H groups in total. The number of thiophene rings is 1. The predicted molar refractivity (Wildman–Crippen MR) is 73.6 cm³/mol. The molecule has 1 aromatic heterocycles. The van der Waals surface area contributed by atoms with Crippen LogP contribution in [0.2, 0.25) is 0 Å². The van der Waals surface area contributed by atoms with Gasteiger partial charge in [-0.3, -0.25) is 4.79 Å². The topological polar surface area (TPSA) is 58.4 Å². The van der Waals surface area contributed by atoms with E-state index in [2.05, 4.69) is 16.7 Å². The van der Waals surface area contributed by atoms with E-state index in [1.54, 1.807) is 30.3 Å². The van der Waals surface area contributed by atoms with Crippen molar-refractivity contribution in [3.8, 4) is 0 Å². The second kappa shape index (κ2) is 5.29. The zero-order chi connectivity index (χ0) is 12.4. The maximum Gasteiger partial charge on any atom is 0.251 e. The monoisotopic (exact) mass is 271 g/mol. The van der Waals surface area contributed by atoms with Crippen LogP contribution in [0.3, 0.4) is 0 Å². The summed E-state index contributed by atoms with van der Waals surface area (Å²) < 4.78 is 3.33. The normalized spacial score (nSPS) is 15.2. The minimum Gasteiger partial charge on any atom is -0.379 e. The van der Waals surface area contributed by atoms with E-state index < -0.39 is 0 Å². The summed E-state index contributed by atoms with van der Waals surface area (Å²) in [5, 5.41) is 3.86. The van der Waals surface area contributed by atoms with E-state index in [1.807, 2.05) is 6.07 Å². The molecule has 1 aliphatic rings. The first-order chi connectivity index (χ1) is 8.10. The van der Waals surface area contributed by atoms with Crippen molar-refractivity contribution in [1.82, 2.24) is 4.31 Å². The van der Waals surface area contributed by atoms with Crippen LogP contribution < -0.4 is 11.1 Å². The van der Waals surface area contributed by atoms with Gasteiger partial charge < -0.3 is 11.1 Å². The number of amides is 1. The fraction of sp³-hybridized carbons (Fsp3) is 0.545. The summed E-state index contributed by atoms with van der Waals surface area (Å²) in [6.07, 6.45) is 2.70. The lowest BCUT2D eigenvalue weighted by Gasteiger charge is -2.12. The van der Waals surface area contributed by atoms with E-state index in [9.17, 15) is 4.79 Å². The van der Waals surface area contributed by atoms with Crippen LogP contribution in [-0.4, -0.2) is 30.9 Å². The highest BCUT2D eigenvalue weighted by atomic mass is 32.2. The molecule has 4 nitrogen and oxygen atoms in total. The van der Waals surface area contributed by atoms with Gasteiger partial charge in [-0.2, -0.15) is 0 Å². The van der Waals surface area contributed by atoms with E-state index in [1.165, 1.54) is 12.8 Å². The van der Waals surface area contributed by atoms with Crippen LogP contribution >= 0.6 is 23.3 Å². The molecular weight excluding hydrogens is 254 g/mol. The summed E-state index contributed by atoms with van der Waals surface area (Å²) in [6.45, 7) is 1.11. The average molecular weight is 271 g/mol. The molecule has 2 rings (SSSR count). The quantitative estimate of drug-likeness (QED) is 0.779. The number of carbonyl (C=O) groups excluding carboxylic acids is 1. The van der Waals surface area contributed by atoms with Crippen LogP contribution in [-0.2, 0) is 0 Å². The van der Waals surface area contributed by atoms with Crippen molar-refractivity contribution >= 4 is 34.2 Å². The Morgan fingerprint density at radius 1 is 1.71 bits per heavy atom. The highest BCUT2D eigenvalue weighted by Crippen LogP contribution is 2.38. The maximum absolute atomic E-state index is 11.2. The highest BCUT2D eigenvalue weighted by molar-refractivity contribution is 7.99. The number of nitrogens with two attached hydrogens (primary N) is 1. The molecular formula is C11H17N3OS2. The SMILES string of the molecule is CNc1sc(SN(C)CC2CC2)cc1C(N)=O. The average Bonchev–Trinajstić information content (AvgIpc) is 2.96. The van der Waals surface area contributed by atoms with E-state index in [0.717, 1.165) is 21.7 Å². The van der Waals surface area contributed by atoms with Gasteiger partial charge in [-0.1, -0.05) is 0 Å². The van der Waals surface area contributed by atoms with Gasteiger partial charge in [0.25, 0.3) is 5.91 Å². The first-order valence-electron chi connectivity index (χ1n) is 5.60. The molecule has 0 aliphatic heterocycles. The van der Waals surface area contributed by atoms with Crippen LogP contribution in [0.1, 0.15) is 23.2 Å². The number of hydrogen-bond acceptors (Lipinski definition) is 5. The van der Waals surface area contributed by atoms with Crippen LogP contribution in [0.15, 0.2) is 10.3 Å². The van der Waals surface area contributed by atoms with Crippen molar-refractivity contribution in [3.63, 3.8) is 0 Å². The van der Waals surface area contributed by atoms with E-state index in [0.29, 0.717) is 5.56 Å². The standard InChI is InChI=1S/C11H17N3OS2/c1-13-11-8(10(12)15)5-9(16-11)17-14(2)6-7-3-4-7/h5,7,13H,3-4,6H2,1-2H3,(H2,12,15). The number of primary amides is 1. The van der Waals surface area contributed by atoms with E-state index in [-0.39, 0.29) is 5.91 Å². The molecule has 1 amide bonds. The molecule has 1 saturated carbocycles. The van der Waals surface area contributed by atoms with E-state index in [4.69, 9.17) is 5.73 Å². The summed E-state index contributed by atoms with van der Waals surface area (Å²) in [4.78, 5) is 11.2. The summed E-state index contributed by atoms with van der Waals surface area (Å²) in [6, 6.07) is 1.87. The smallest absolute Gasteiger partial charge is 0.251 e. The Labute approximate surface area is 110 Å². The van der Waals surface area contributed by atoms with Crippen molar-refractivity contribution < 1.29 is 4.79 Å². The molecule has 1 heterocycles. The van der Waals surface area contributed by atoms with Gasteiger partial charge in [0.1, 0.15) is 5.00 Å². The van der Waals surface area contributed by atoms with Gasteiger partial charge in [0, 0.05) is 13.6 Å². The first-order valence-corrected chi connectivity index (χ1v) is 7.19. The lowest BCUT2D eigenvalue weighted by Crippen LogP contribution is -2.12. The Hall–Kier alpha value is -0.720. The summed E-state index contributed by atoms with van der Waals surface area (Å²) >= 11 is 3.26. The van der Waals surface area contributed by atoms with Gasteiger partial charge in [0.05, 0.1) is 9.77 Å². The van der Waals surface area contributed by atoms with Gasteiger partial charge in [-0.05, 0) is 43.8 Å². The summed E-state index contributed by atoms with van der Waals surface area (Å²) in [5.74, 6) is 0.495. The van der Waals surface area contributed by atoms with Crippen molar-refractivity contribution in [2.24, 2.45) is 11.7 Å². The number of rotatable bonds is 6. The van der Waals surface area contributed by atoms with Crippen molar-refractivity contribution in [2.45, 2.75) is 17.1 Å². The number of carbonyl (C=O) groups is 1. The predicted octanol–water partition coefficient (Wildman–Crippen LogP) is 2.24. The molecule has 1 fully saturated rings. The van der Waals surface area contributed by atoms with Crippen LogP contribution in [0.25, 0.3) is 0 Å². The molecule has 0 unspecified atom stereocenters. The van der Waals surface area contributed by atoms with Crippen LogP contribution in [0, 0.1) is 5.92 Å². The Balaban J connectivity index is 2.02. The highest BCUT2D eigenvalue weighted by Gasteiger charge is 2.23. The molecule has 0 radical (unpaired) electrons. The molecule has 6 heteroatoms. The number of nitrogens with one attached hydrogen (secondary N) is 1. The second-order valence-electron chi connectivity index (χ2n) is 4.27. The van der Waals surface area contributed by atoms with Gasteiger partial charge in [0.15, 0.2) is 0 Å². The third-order valence-electron chi connectivity index (χ3n) is 2.66. The molecule has 94 valence electrons. The third-order valence-corrected chi connectivity index (χ3v) is 4.84. The Morgan fingerprint density at radius 2 is 2.41 bits per heavy atom. The fourth-order valence-corrected chi connectivity index (χ4v) is 3.93. The lowest BCUT2D eigenvalue weighted by molar-refractivity contribution is 0.100. The van der Waals surface area contributed by atoms with Crippen molar-refractivity contribution in [2.75, 3.05) is 26.0 Å². The second-order valence-corrected chi connectivity index (χ2v) is 6.82. The van der Waals surface area contributed by atoms with Crippen LogP contribution in [0.5, 0.6) is 0 Å². The van der Waals surface area contributed by atoms with E-state index >= 15 is 0 Å². The number of anilines is 1. The molecule has 0 aromatic carbocycles. The summed E-state index contributed by atoms with van der Waals surface area (Å²) in [5.41, 5.74) is 5.91.